The summed E-state index contributed by atoms with van der Waals surface area (Å²) in [4.78, 5) is 44.5. The van der Waals surface area contributed by atoms with Gasteiger partial charge in [-0.05, 0) is 199 Å². The molecule has 0 spiro atoms. The van der Waals surface area contributed by atoms with Crippen molar-refractivity contribution in [1.29, 1.82) is 0 Å². The Morgan fingerprint density at radius 2 is 0.304 bits per heavy atom. The molecule has 0 saturated carbocycles. The first-order valence-electron chi connectivity index (χ1n) is 28.7. The molecule has 4 aliphatic heterocycles. The molecule has 0 radical (unpaired) electrons. The van der Waals surface area contributed by atoms with E-state index in [0.29, 0.717) is 131 Å². The fraction of sp³-hybridized carbons (Fsp3) is 0. The van der Waals surface area contributed by atoms with Crippen molar-refractivity contribution in [2.75, 3.05) is 0 Å². The number of hydrogen-bond acceptors (Lipinski definition) is 4. The maximum atomic E-state index is 6.62. The molecule has 10 heterocycles. The van der Waals surface area contributed by atoms with Gasteiger partial charge in [0, 0.05) is 30.1 Å². The Balaban J connectivity index is 0.00000367. The number of nitrogens with zero attached hydrogens (tertiary/aromatic N) is 8. The van der Waals surface area contributed by atoms with Gasteiger partial charge in [-0.3, -0.25) is 0 Å². The number of fused-ring (bicyclic) bond motifs is 16. The summed E-state index contributed by atoms with van der Waals surface area (Å²) in [5.41, 5.74) is 22.0. The van der Waals surface area contributed by atoms with Gasteiger partial charge < -0.3 is 19.9 Å². The van der Waals surface area contributed by atoms with E-state index in [0.717, 1.165) is 66.8 Å². The van der Waals surface area contributed by atoms with Gasteiger partial charge >= 0.3 is 39.0 Å². The predicted octanol–water partition coefficient (Wildman–Crippen LogP) is 21.7. The third kappa shape index (κ3) is 11.4. The average molecular weight is 1410 g/mol. The zero-order chi connectivity index (χ0) is 60.7. The van der Waals surface area contributed by atoms with E-state index in [4.69, 9.17) is 109 Å². The molecule has 0 fully saturated rings. The second kappa shape index (κ2) is 25.2. The van der Waals surface area contributed by atoms with Crippen molar-refractivity contribution >= 4 is 162 Å². The van der Waals surface area contributed by atoms with Crippen LogP contribution in [0.4, 0.5) is 0 Å². The van der Waals surface area contributed by atoms with Crippen LogP contribution in [-0.2, 0) is 39.0 Å². The molecule has 0 unspecified atom stereocenters. The van der Waals surface area contributed by atoms with Crippen LogP contribution in [0.1, 0.15) is 45.6 Å². The normalized spacial score (nSPS) is 12.1. The van der Waals surface area contributed by atoms with Crippen LogP contribution >= 0.6 is 69.6 Å². The molecule has 16 heteroatoms. The minimum Gasteiger partial charge on any atom is -0.657 e. The van der Waals surface area contributed by atoms with Crippen molar-refractivity contribution in [1.82, 2.24) is 39.9 Å². The third-order valence-electron chi connectivity index (χ3n) is 16.3. The van der Waals surface area contributed by atoms with Crippen molar-refractivity contribution in [2.45, 2.75) is 0 Å². The van der Waals surface area contributed by atoms with Crippen LogP contribution in [0.3, 0.4) is 0 Å². The van der Waals surface area contributed by atoms with E-state index in [9.17, 15) is 0 Å². The summed E-state index contributed by atoms with van der Waals surface area (Å²) < 4.78 is 0. The van der Waals surface area contributed by atoms with Crippen LogP contribution in [0.15, 0.2) is 194 Å². The Kier molecular flexibility index (Phi) is 16.7. The van der Waals surface area contributed by atoms with Crippen LogP contribution in [0.25, 0.3) is 171 Å². The summed E-state index contributed by atoms with van der Waals surface area (Å²) >= 11 is 39.6. The maximum absolute atomic E-state index is 6.62. The molecule has 16 bridgehead atoms. The van der Waals surface area contributed by atoms with Crippen molar-refractivity contribution in [2.24, 2.45) is 0 Å². The molecule has 16 rings (SSSR count). The summed E-state index contributed by atoms with van der Waals surface area (Å²) in [7, 11) is 0. The minimum absolute atomic E-state index is 0. The molecule has 0 aliphatic carbocycles. The Bertz CT molecular complexity index is 5030. The van der Waals surface area contributed by atoms with Gasteiger partial charge in [0.05, 0.1) is 45.6 Å². The van der Waals surface area contributed by atoms with E-state index in [1.165, 1.54) is 0 Å². The van der Waals surface area contributed by atoms with E-state index in [-0.39, 0.29) is 39.0 Å². The fourth-order valence-corrected chi connectivity index (χ4v) is 12.9. The number of aromatic nitrogens is 8. The standard InChI is InChI=1S/C76H40Cl6N8.2Zn/c77-47-13-1-41(2-14-47)69-53-25-29-57(83-53)71(43-5-17-49(79)18-6-43)61-33-37-65(87-61)75(66-38-34-62(88-66)72(58-30-26-54(69)84-58)44-7-19-50(80)20-8-44)76-67-39-35-63(89-67)73(45-9-21-51(81)22-10-45)59-31-27-55(85-59)70(42-3-15-48(78)16-4-42)56-28-32-60(86-56)74(64-36-40-68(76)90-64)46-11-23-52(82)24-12-46;;/h1-40H;;/q-4;2*+2. The largest absolute Gasteiger partial charge is 2.00 e. The molecular formula is C76H40Cl6N8Zn2. The second-order valence-electron chi connectivity index (χ2n) is 21.8. The molecule has 0 N–H and O–H groups in total. The van der Waals surface area contributed by atoms with Gasteiger partial charge in [0.2, 0.25) is 0 Å². The molecule has 430 valence electrons. The monoisotopic (exact) mass is 1400 g/mol. The van der Waals surface area contributed by atoms with Crippen LogP contribution in [0, 0.1) is 0 Å². The number of rotatable bonds is 7. The SMILES string of the molecule is Clc1ccc(-c2c3nc(c(-c4ccc(Cl)cc4)c4ccc([n-]4)c(-c4c5nc(c(-c6ccc(Cl)cc6)c6ccc([n-]6)c(-c6ccc(Cl)cc6)c6nc(c(-c7ccc(Cl)cc7)c7ccc4[n-]7)C=C6)C=C5)c4nc(c(-c5ccc(Cl)cc5)c5ccc2[n-]5)C=C4)C=C3)cc1.[Zn+2].[Zn+2]. The van der Waals surface area contributed by atoms with Crippen LogP contribution < -0.4 is 19.9 Å². The zero-order valence-corrected chi connectivity index (χ0v) is 58.8. The van der Waals surface area contributed by atoms with Gasteiger partial charge in [-0.1, -0.05) is 191 Å². The van der Waals surface area contributed by atoms with Gasteiger partial charge in [-0.15, -0.1) is 44.1 Å². The Labute approximate surface area is 583 Å². The van der Waals surface area contributed by atoms with E-state index < -0.39 is 0 Å². The number of hydrogen-bond donors (Lipinski definition) is 0. The van der Waals surface area contributed by atoms with Crippen molar-refractivity contribution in [3.05, 3.63) is 270 Å². The number of halogens is 6. The van der Waals surface area contributed by atoms with E-state index >= 15 is 0 Å². The summed E-state index contributed by atoms with van der Waals surface area (Å²) in [6.45, 7) is 0. The van der Waals surface area contributed by atoms with Gasteiger partial charge in [0.1, 0.15) is 0 Å². The first-order chi connectivity index (χ1) is 44.0. The zero-order valence-electron chi connectivity index (χ0n) is 48.4. The van der Waals surface area contributed by atoms with Crippen molar-refractivity contribution in [3.63, 3.8) is 0 Å². The smallest absolute Gasteiger partial charge is 0.657 e. The Morgan fingerprint density at radius 3 is 0.457 bits per heavy atom. The molecule has 92 heavy (non-hydrogen) atoms. The molecular weight excluding hydrogens is 1370 g/mol. The van der Waals surface area contributed by atoms with Crippen molar-refractivity contribution in [3.8, 4) is 77.9 Å². The van der Waals surface area contributed by atoms with E-state index in [2.05, 4.69) is 0 Å². The summed E-state index contributed by atoms with van der Waals surface area (Å²) in [6, 6.07) is 62.7. The first kappa shape index (κ1) is 61.0. The summed E-state index contributed by atoms with van der Waals surface area (Å²) in [5.74, 6) is 0. The topological polar surface area (TPSA) is 108 Å². The third-order valence-corrected chi connectivity index (χ3v) is 17.8. The first-order valence-corrected chi connectivity index (χ1v) is 30.9. The van der Waals surface area contributed by atoms with E-state index in [1.807, 2.05) is 243 Å². The van der Waals surface area contributed by atoms with Crippen LogP contribution in [0.2, 0.25) is 30.1 Å². The molecule has 6 aromatic heterocycles. The average Bonchev–Trinajstić information content (AvgIpc) is 1.96. The molecule has 6 aromatic carbocycles. The molecule has 4 aliphatic rings. The maximum Gasteiger partial charge on any atom is 2.00 e. The van der Waals surface area contributed by atoms with Gasteiger partial charge in [-0.2, -0.15) is 0 Å². The Morgan fingerprint density at radius 1 is 0.174 bits per heavy atom. The van der Waals surface area contributed by atoms with Crippen LogP contribution in [-0.4, -0.2) is 19.9 Å². The predicted molar refractivity (Wildman–Crippen MR) is 375 cm³/mol. The molecule has 0 saturated heterocycles. The minimum atomic E-state index is 0. The fourth-order valence-electron chi connectivity index (χ4n) is 12.2. The summed E-state index contributed by atoms with van der Waals surface area (Å²) in [6.07, 6.45) is 16.3. The van der Waals surface area contributed by atoms with Crippen molar-refractivity contribution < 1.29 is 39.0 Å². The summed E-state index contributed by atoms with van der Waals surface area (Å²) in [5, 5.41) is 3.60. The Hall–Kier alpha value is -8.49. The number of benzene rings is 6. The van der Waals surface area contributed by atoms with Gasteiger partial charge in [-0.25, -0.2) is 19.9 Å². The molecule has 12 aromatic rings. The molecule has 0 atom stereocenters. The second-order valence-corrected chi connectivity index (χ2v) is 24.4. The quantitative estimate of drug-likeness (QED) is 0.145. The van der Waals surface area contributed by atoms with E-state index in [1.54, 1.807) is 0 Å². The molecule has 0 amide bonds. The van der Waals surface area contributed by atoms with Gasteiger partial charge in [0.15, 0.2) is 0 Å². The van der Waals surface area contributed by atoms with Gasteiger partial charge in [0.25, 0.3) is 0 Å². The molecule has 8 nitrogen and oxygen atoms in total. The van der Waals surface area contributed by atoms with Crippen LogP contribution in [0.5, 0.6) is 0 Å².